The second-order valence-electron chi connectivity index (χ2n) is 3.76. The van der Waals surface area contributed by atoms with Gasteiger partial charge in [-0.2, -0.15) is 0 Å². The molecule has 1 aromatic rings. The van der Waals surface area contributed by atoms with Crippen molar-refractivity contribution in [3.63, 3.8) is 0 Å². The molecule has 88 valence electrons. The Labute approximate surface area is 95.8 Å². The zero-order valence-electron chi connectivity index (χ0n) is 9.69. The summed E-state index contributed by atoms with van der Waals surface area (Å²) in [6, 6.07) is 8.03. The molecule has 0 saturated heterocycles. The van der Waals surface area contributed by atoms with E-state index in [4.69, 9.17) is 10.5 Å². The van der Waals surface area contributed by atoms with Crippen molar-refractivity contribution in [2.75, 3.05) is 13.7 Å². The first-order chi connectivity index (χ1) is 7.63. The monoisotopic (exact) mass is 222 g/mol. The Bertz CT molecular complexity index is 353. The van der Waals surface area contributed by atoms with Crippen molar-refractivity contribution >= 4 is 5.91 Å². The van der Waals surface area contributed by atoms with Crippen LogP contribution in [0, 0.1) is 0 Å². The highest BCUT2D eigenvalue weighted by Gasteiger charge is 2.07. The lowest BCUT2D eigenvalue weighted by molar-refractivity contribution is -0.117. The first-order valence-corrected chi connectivity index (χ1v) is 5.27. The molecule has 0 radical (unpaired) electrons. The van der Waals surface area contributed by atoms with Crippen LogP contribution in [0.4, 0.5) is 0 Å². The highest BCUT2D eigenvalue weighted by Crippen LogP contribution is 2.18. The number of ether oxygens (including phenoxy) is 1. The van der Waals surface area contributed by atoms with Gasteiger partial charge >= 0.3 is 0 Å². The van der Waals surface area contributed by atoms with Crippen LogP contribution in [-0.4, -0.2) is 25.6 Å². The number of carbonyl (C=O) groups is 1. The van der Waals surface area contributed by atoms with Crippen molar-refractivity contribution in [2.24, 2.45) is 5.73 Å². The molecule has 4 nitrogen and oxygen atoms in total. The molecule has 0 saturated carbocycles. The van der Waals surface area contributed by atoms with Gasteiger partial charge in [0.05, 0.1) is 13.7 Å². The fourth-order valence-corrected chi connectivity index (χ4v) is 1.55. The Kier molecular flexibility index (Phi) is 4.79. The van der Waals surface area contributed by atoms with Crippen LogP contribution >= 0.6 is 0 Å². The van der Waals surface area contributed by atoms with E-state index in [1.165, 1.54) is 0 Å². The third-order valence-electron chi connectivity index (χ3n) is 2.34. The quantitative estimate of drug-likeness (QED) is 0.744. The van der Waals surface area contributed by atoms with E-state index in [1.54, 1.807) is 7.11 Å². The normalized spacial score (nSPS) is 12.1. The number of carbonyl (C=O) groups excluding carboxylic acids is 1. The minimum absolute atomic E-state index is 0.184. The summed E-state index contributed by atoms with van der Waals surface area (Å²) in [6.07, 6.45) is 0.803. The number of hydrogen-bond acceptors (Lipinski definition) is 3. The summed E-state index contributed by atoms with van der Waals surface area (Å²) in [5.74, 6) is 0.530. The molecule has 0 aliphatic heterocycles. The average Bonchev–Trinajstić information content (AvgIpc) is 2.27. The number of amides is 1. The molecule has 0 fully saturated rings. The van der Waals surface area contributed by atoms with E-state index in [0.29, 0.717) is 0 Å². The molecular weight excluding hydrogens is 204 g/mol. The Morgan fingerprint density at radius 3 is 2.81 bits per heavy atom. The van der Waals surface area contributed by atoms with Crippen LogP contribution < -0.4 is 15.8 Å². The summed E-state index contributed by atoms with van der Waals surface area (Å²) in [7, 11) is 1.65. The van der Waals surface area contributed by atoms with Gasteiger partial charge in [0.25, 0.3) is 0 Å². The first-order valence-electron chi connectivity index (χ1n) is 5.27. The maximum absolute atomic E-state index is 10.6. The van der Waals surface area contributed by atoms with E-state index in [-0.39, 0.29) is 18.5 Å². The van der Waals surface area contributed by atoms with Crippen LogP contribution in [-0.2, 0) is 11.2 Å². The van der Waals surface area contributed by atoms with Crippen molar-refractivity contribution in [3.05, 3.63) is 29.8 Å². The summed E-state index contributed by atoms with van der Waals surface area (Å²) in [5.41, 5.74) is 6.18. The molecule has 0 aliphatic rings. The number of benzene rings is 1. The Morgan fingerprint density at radius 2 is 2.19 bits per heavy atom. The van der Waals surface area contributed by atoms with E-state index in [2.05, 4.69) is 5.32 Å². The number of hydrogen-bond donors (Lipinski definition) is 2. The smallest absolute Gasteiger partial charge is 0.231 e. The molecule has 1 aromatic carbocycles. The lowest BCUT2D eigenvalue weighted by Gasteiger charge is -2.14. The lowest BCUT2D eigenvalue weighted by atomic mass is 10.1. The standard InChI is InChI=1S/C12H18N2O2/c1-9(14-8-12(13)15)7-10-5-3-4-6-11(10)16-2/h3-6,9,14H,7-8H2,1-2H3,(H2,13,15). The van der Waals surface area contributed by atoms with Gasteiger partial charge in [-0.1, -0.05) is 18.2 Å². The Balaban J connectivity index is 2.55. The molecule has 0 spiro atoms. The van der Waals surface area contributed by atoms with E-state index >= 15 is 0 Å². The van der Waals surface area contributed by atoms with Crippen LogP contribution in [0.25, 0.3) is 0 Å². The molecule has 1 amide bonds. The highest BCUT2D eigenvalue weighted by molar-refractivity contribution is 5.75. The van der Waals surface area contributed by atoms with Crippen molar-refractivity contribution in [1.82, 2.24) is 5.32 Å². The molecule has 1 unspecified atom stereocenters. The van der Waals surface area contributed by atoms with E-state index in [0.717, 1.165) is 17.7 Å². The largest absolute Gasteiger partial charge is 0.496 e. The fraction of sp³-hybridized carbons (Fsp3) is 0.417. The van der Waals surface area contributed by atoms with Crippen molar-refractivity contribution < 1.29 is 9.53 Å². The fourth-order valence-electron chi connectivity index (χ4n) is 1.55. The van der Waals surface area contributed by atoms with Gasteiger partial charge in [0.1, 0.15) is 5.75 Å². The number of primary amides is 1. The maximum atomic E-state index is 10.6. The summed E-state index contributed by atoms with van der Waals surface area (Å²) in [6.45, 7) is 2.21. The molecule has 3 N–H and O–H groups in total. The summed E-state index contributed by atoms with van der Waals surface area (Å²) in [5, 5.41) is 3.05. The van der Waals surface area contributed by atoms with Crippen molar-refractivity contribution in [1.29, 1.82) is 0 Å². The van der Waals surface area contributed by atoms with Gasteiger partial charge in [0, 0.05) is 6.04 Å². The molecule has 16 heavy (non-hydrogen) atoms. The summed E-state index contributed by atoms with van der Waals surface area (Å²) < 4.78 is 5.25. The minimum atomic E-state index is -0.341. The van der Waals surface area contributed by atoms with Gasteiger partial charge in [-0.25, -0.2) is 0 Å². The second-order valence-corrected chi connectivity index (χ2v) is 3.76. The van der Waals surface area contributed by atoms with Crippen LogP contribution in [0.2, 0.25) is 0 Å². The zero-order chi connectivity index (χ0) is 12.0. The number of para-hydroxylation sites is 1. The van der Waals surface area contributed by atoms with Crippen LogP contribution in [0.15, 0.2) is 24.3 Å². The number of nitrogens with one attached hydrogen (secondary N) is 1. The van der Waals surface area contributed by atoms with Crippen molar-refractivity contribution in [3.8, 4) is 5.75 Å². The number of nitrogens with two attached hydrogens (primary N) is 1. The summed E-state index contributed by atoms with van der Waals surface area (Å²) in [4.78, 5) is 10.6. The molecular formula is C12H18N2O2. The van der Waals surface area contributed by atoms with Gasteiger partial charge in [0.2, 0.25) is 5.91 Å². The third kappa shape index (κ3) is 3.90. The van der Waals surface area contributed by atoms with Crippen LogP contribution in [0.3, 0.4) is 0 Å². The molecule has 0 aromatic heterocycles. The van der Waals surface area contributed by atoms with E-state index in [9.17, 15) is 4.79 Å². The van der Waals surface area contributed by atoms with Gasteiger partial charge in [-0.05, 0) is 25.0 Å². The first kappa shape index (κ1) is 12.5. The zero-order valence-corrected chi connectivity index (χ0v) is 9.69. The van der Waals surface area contributed by atoms with Gasteiger partial charge in [0.15, 0.2) is 0 Å². The van der Waals surface area contributed by atoms with Gasteiger partial charge in [-0.15, -0.1) is 0 Å². The second kappa shape index (κ2) is 6.12. The van der Waals surface area contributed by atoms with Gasteiger partial charge in [-0.3, -0.25) is 4.79 Å². The average molecular weight is 222 g/mol. The van der Waals surface area contributed by atoms with Crippen LogP contribution in [0.1, 0.15) is 12.5 Å². The lowest BCUT2D eigenvalue weighted by Crippen LogP contribution is -2.36. The maximum Gasteiger partial charge on any atom is 0.231 e. The number of rotatable bonds is 6. The van der Waals surface area contributed by atoms with Crippen LogP contribution in [0.5, 0.6) is 5.75 Å². The SMILES string of the molecule is COc1ccccc1CC(C)NCC(N)=O. The number of methoxy groups -OCH3 is 1. The predicted molar refractivity (Wildman–Crippen MR) is 63.4 cm³/mol. The molecule has 4 heteroatoms. The molecule has 0 heterocycles. The molecule has 1 atom stereocenters. The molecule has 0 bridgehead atoms. The minimum Gasteiger partial charge on any atom is -0.496 e. The van der Waals surface area contributed by atoms with E-state index in [1.807, 2.05) is 31.2 Å². The molecule has 1 rings (SSSR count). The van der Waals surface area contributed by atoms with Gasteiger partial charge < -0.3 is 15.8 Å². The van der Waals surface area contributed by atoms with Crippen molar-refractivity contribution in [2.45, 2.75) is 19.4 Å². The Morgan fingerprint density at radius 1 is 1.50 bits per heavy atom. The van der Waals surface area contributed by atoms with E-state index < -0.39 is 0 Å². The Hall–Kier alpha value is -1.55. The highest BCUT2D eigenvalue weighted by atomic mass is 16.5. The predicted octanol–water partition coefficient (Wildman–Crippen LogP) is 0.701. The third-order valence-corrected chi connectivity index (χ3v) is 2.34. The topological polar surface area (TPSA) is 64.3 Å². The summed E-state index contributed by atoms with van der Waals surface area (Å²) >= 11 is 0. The molecule has 0 aliphatic carbocycles.